The van der Waals surface area contributed by atoms with Crippen molar-refractivity contribution in [2.24, 2.45) is 0 Å². The molecule has 0 aliphatic carbocycles. The summed E-state index contributed by atoms with van der Waals surface area (Å²) in [7, 11) is 0. The number of pyridine rings is 1. The van der Waals surface area contributed by atoms with Crippen LogP contribution in [0.3, 0.4) is 0 Å². The van der Waals surface area contributed by atoms with Crippen LogP contribution in [0.1, 0.15) is 19.3 Å². The van der Waals surface area contributed by atoms with Crippen molar-refractivity contribution >= 4 is 38.2 Å². The lowest BCUT2D eigenvalue weighted by Gasteiger charge is -2.24. The molecule has 1 aliphatic rings. The molecule has 1 unspecified atom stereocenters. The third-order valence-corrected chi connectivity index (χ3v) is 4.13. The van der Waals surface area contributed by atoms with Crippen LogP contribution in [0.15, 0.2) is 28.9 Å². The fourth-order valence-corrected chi connectivity index (χ4v) is 2.92. The predicted octanol–water partition coefficient (Wildman–Crippen LogP) is 3.56. The number of hydrogen-bond donors (Lipinski definition) is 2. The maximum Gasteiger partial charge on any atom is 0.0747 e. The van der Waals surface area contributed by atoms with Gasteiger partial charge in [0.05, 0.1) is 29.2 Å². The summed E-state index contributed by atoms with van der Waals surface area (Å²) >= 11 is 3.50. The number of hydrogen-bond acceptors (Lipinski definition) is 4. The number of halogens is 1. The second-order valence-corrected chi connectivity index (χ2v) is 6.04. The molecule has 0 saturated carbocycles. The topological polar surface area (TPSA) is 60.2 Å². The monoisotopic (exact) mass is 335 g/mol. The number of nitrogens with zero attached hydrogens (tertiary/aromatic N) is 1. The van der Waals surface area contributed by atoms with Gasteiger partial charge in [-0.2, -0.15) is 0 Å². The highest BCUT2D eigenvalue weighted by Crippen LogP contribution is 2.30. The van der Waals surface area contributed by atoms with Gasteiger partial charge in [0.15, 0.2) is 0 Å². The number of aromatic nitrogens is 1. The highest BCUT2D eigenvalue weighted by Gasteiger charge is 2.15. The minimum absolute atomic E-state index is 0.276. The SMILES string of the molecule is Nc1cnc2ccc(Br)cc2c1NCC1CCCCO1. The second kappa shape index (κ2) is 5.97. The predicted molar refractivity (Wildman–Crippen MR) is 85.9 cm³/mol. The van der Waals surface area contributed by atoms with Crippen LogP contribution in [0.25, 0.3) is 10.9 Å². The molecule has 1 saturated heterocycles. The van der Waals surface area contributed by atoms with Gasteiger partial charge in [-0.1, -0.05) is 15.9 Å². The third-order valence-electron chi connectivity index (χ3n) is 3.64. The molecular formula is C15H18BrN3O. The first-order valence-corrected chi connectivity index (χ1v) is 7.72. The van der Waals surface area contributed by atoms with E-state index in [9.17, 15) is 0 Å². The minimum Gasteiger partial charge on any atom is -0.396 e. The van der Waals surface area contributed by atoms with E-state index in [0.717, 1.165) is 40.6 Å². The van der Waals surface area contributed by atoms with Crippen molar-refractivity contribution in [3.8, 4) is 0 Å². The van der Waals surface area contributed by atoms with Gasteiger partial charge in [-0.15, -0.1) is 0 Å². The quantitative estimate of drug-likeness (QED) is 0.900. The highest BCUT2D eigenvalue weighted by molar-refractivity contribution is 9.10. The molecule has 1 fully saturated rings. The summed E-state index contributed by atoms with van der Waals surface area (Å²) in [5, 5.41) is 4.48. The van der Waals surface area contributed by atoms with Gasteiger partial charge in [0.1, 0.15) is 0 Å². The molecule has 1 atom stereocenters. The lowest BCUT2D eigenvalue weighted by atomic mass is 10.1. The Kier molecular flexibility index (Phi) is 4.08. The van der Waals surface area contributed by atoms with Gasteiger partial charge in [-0.05, 0) is 37.5 Å². The van der Waals surface area contributed by atoms with Crippen LogP contribution in [0.2, 0.25) is 0 Å². The first-order valence-electron chi connectivity index (χ1n) is 6.93. The van der Waals surface area contributed by atoms with Crippen LogP contribution < -0.4 is 11.1 Å². The number of rotatable bonds is 3. The molecule has 0 bridgehead atoms. The second-order valence-electron chi connectivity index (χ2n) is 5.12. The summed E-state index contributed by atoms with van der Waals surface area (Å²) in [5.74, 6) is 0. The van der Waals surface area contributed by atoms with E-state index in [1.54, 1.807) is 6.20 Å². The summed E-state index contributed by atoms with van der Waals surface area (Å²) in [5.41, 5.74) is 8.63. The summed E-state index contributed by atoms with van der Waals surface area (Å²) in [6.07, 6.45) is 5.51. The van der Waals surface area contributed by atoms with Gasteiger partial charge in [0.25, 0.3) is 0 Å². The molecule has 2 heterocycles. The number of nitrogens with one attached hydrogen (secondary N) is 1. The number of benzene rings is 1. The van der Waals surface area contributed by atoms with E-state index in [-0.39, 0.29) is 6.10 Å². The van der Waals surface area contributed by atoms with Gasteiger partial charge in [0.2, 0.25) is 0 Å². The summed E-state index contributed by atoms with van der Waals surface area (Å²) in [6, 6.07) is 6.02. The fraction of sp³-hybridized carbons (Fsp3) is 0.400. The Morgan fingerprint density at radius 3 is 3.10 bits per heavy atom. The zero-order chi connectivity index (χ0) is 13.9. The van der Waals surface area contributed by atoms with Crippen LogP contribution in [-0.4, -0.2) is 24.2 Å². The largest absolute Gasteiger partial charge is 0.396 e. The van der Waals surface area contributed by atoms with Gasteiger partial charge in [-0.25, -0.2) is 0 Å². The van der Waals surface area contributed by atoms with Crippen LogP contribution in [0.5, 0.6) is 0 Å². The molecule has 4 nitrogen and oxygen atoms in total. The Labute approximate surface area is 126 Å². The van der Waals surface area contributed by atoms with E-state index in [0.29, 0.717) is 5.69 Å². The fourth-order valence-electron chi connectivity index (χ4n) is 2.56. The first-order chi connectivity index (χ1) is 9.74. The van der Waals surface area contributed by atoms with Crippen LogP contribution in [0.4, 0.5) is 11.4 Å². The first kappa shape index (κ1) is 13.6. The van der Waals surface area contributed by atoms with Gasteiger partial charge < -0.3 is 15.8 Å². The average Bonchev–Trinajstić information content (AvgIpc) is 2.47. The summed E-state index contributed by atoms with van der Waals surface area (Å²) < 4.78 is 6.77. The standard InChI is InChI=1S/C15H18BrN3O/c16-10-4-5-14-12(7-10)15(13(17)9-18-14)19-8-11-3-1-2-6-20-11/h4-5,7,9,11H,1-3,6,8,17H2,(H,18,19). The van der Waals surface area contributed by atoms with E-state index < -0.39 is 0 Å². The smallest absolute Gasteiger partial charge is 0.0747 e. The van der Waals surface area contributed by atoms with E-state index in [1.807, 2.05) is 18.2 Å². The number of nitrogen functional groups attached to an aromatic ring is 1. The van der Waals surface area contributed by atoms with Crippen molar-refractivity contribution in [2.45, 2.75) is 25.4 Å². The molecule has 0 amide bonds. The van der Waals surface area contributed by atoms with Crippen LogP contribution in [0, 0.1) is 0 Å². The van der Waals surface area contributed by atoms with E-state index in [4.69, 9.17) is 10.5 Å². The molecular weight excluding hydrogens is 318 g/mol. The third kappa shape index (κ3) is 2.88. The Hall–Kier alpha value is -1.33. The number of ether oxygens (including phenoxy) is 1. The molecule has 0 radical (unpaired) electrons. The molecule has 2 aromatic rings. The van der Waals surface area contributed by atoms with Crippen molar-refractivity contribution in [3.05, 3.63) is 28.9 Å². The number of fused-ring (bicyclic) bond motifs is 1. The lowest BCUT2D eigenvalue weighted by Crippen LogP contribution is -2.27. The van der Waals surface area contributed by atoms with Crippen LogP contribution >= 0.6 is 15.9 Å². The normalized spacial score (nSPS) is 19.1. The number of anilines is 2. The maximum atomic E-state index is 6.07. The van der Waals surface area contributed by atoms with Gasteiger partial charge >= 0.3 is 0 Å². The molecule has 0 spiro atoms. The van der Waals surface area contributed by atoms with Crippen molar-refractivity contribution < 1.29 is 4.74 Å². The molecule has 3 N–H and O–H groups in total. The Morgan fingerprint density at radius 1 is 1.40 bits per heavy atom. The van der Waals surface area contributed by atoms with Crippen molar-refractivity contribution in [1.29, 1.82) is 0 Å². The molecule has 1 aromatic carbocycles. The zero-order valence-electron chi connectivity index (χ0n) is 11.2. The van der Waals surface area contributed by atoms with E-state index in [1.165, 1.54) is 12.8 Å². The van der Waals surface area contributed by atoms with Gasteiger partial charge in [-0.3, -0.25) is 4.98 Å². The molecule has 1 aromatic heterocycles. The highest BCUT2D eigenvalue weighted by atomic mass is 79.9. The zero-order valence-corrected chi connectivity index (χ0v) is 12.8. The number of nitrogens with two attached hydrogens (primary N) is 1. The van der Waals surface area contributed by atoms with Crippen LogP contribution in [-0.2, 0) is 4.74 Å². The van der Waals surface area contributed by atoms with Gasteiger partial charge in [0, 0.05) is 23.0 Å². The van der Waals surface area contributed by atoms with E-state index in [2.05, 4.69) is 26.2 Å². The minimum atomic E-state index is 0.276. The Bertz CT molecular complexity index is 606. The lowest BCUT2D eigenvalue weighted by molar-refractivity contribution is 0.0248. The Morgan fingerprint density at radius 2 is 2.30 bits per heavy atom. The maximum absolute atomic E-state index is 6.07. The molecule has 5 heteroatoms. The molecule has 106 valence electrons. The molecule has 20 heavy (non-hydrogen) atoms. The molecule has 1 aliphatic heterocycles. The summed E-state index contributed by atoms with van der Waals surface area (Å²) in [6.45, 7) is 1.65. The van der Waals surface area contributed by atoms with Crippen molar-refractivity contribution in [2.75, 3.05) is 24.2 Å². The Balaban J connectivity index is 1.85. The summed E-state index contributed by atoms with van der Waals surface area (Å²) in [4.78, 5) is 4.36. The molecule has 3 rings (SSSR count). The van der Waals surface area contributed by atoms with E-state index >= 15 is 0 Å². The van der Waals surface area contributed by atoms with Crippen molar-refractivity contribution in [3.63, 3.8) is 0 Å². The average molecular weight is 336 g/mol. The van der Waals surface area contributed by atoms with Crippen molar-refractivity contribution in [1.82, 2.24) is 4.98 Å².